The first kappa shape index (κ1) is 37.3. The Hall–Kier alpha value is -3.93. The van der Waals surface area contributed by atoms with E-state index in [2.05, 4.69) is 5.32 Å². The molecule has 4 aliphatic heterocycles. The van der Waals surface area contributed by atoms with E-state index in [1.54, 1.807) is 0 Å². The lowest BCUT2D eigenvalue weighted by molar-refractivity contribution is -0.840. The number of fused-ring (bicyclic) bond motifs is 1. The summed E-state index contributed by atoms with van der Waals surface area (Å²) in [4.78, 5) is 35.4. The maximum Gasteiger partial charge on any atom is 0.351 e. The largest absolute Gasteiger partial charge is 0.544 e. The van der Waals surface area contributed by atoms with Crippen LogP contribution in [0.3, 0.4) is 0 Å². The van der Waals surface area contributed by atoms with Gasteiger partial charge in [-0.15, -0.1) is 0 Å². The van der Waals surface area contributed by atoms with E-state index >= 15 is 0 Å². The van der Waals surface area contributed by atoms with Crippen molar-refractivity contribution in [3.63, 3.8) is 0 Å². The third-order valence-corrected chi connectivity index (χ3v) is 9.08. The van der Waals surface area contributed by atoms with Crippen LogP contribution in [0.25, 0.3) is 0 Å². The van der Waals surface area contributed by atoms with Crippen molar-refractivity contribution in [1.82, 2.24) is 5.32 Å². The molecular formula is C30H38N2O18. The molecule has 2 saturated heterocycles. The van der Waals surface area contributed by atoms with Crippen LogP contribution in [0, 0.1) is 0 Å². The van der Waals surface area contributed by atoms with Crippen molar-refractivity contribution in [3.8, 4) is 11.5 Å². The standard InChI is InChI=1S/C30H38N2O18/c33-8-18-20(36)21(37)23(39)30(48-18)50-25-19(9-34)49-29(24(40)22(25)38)47-17-6-11-5-15(28(45)46)32(14(11)7-16(17)35)2-1-10-3-12(26(41)42)31-13(4-10)27(43)44/h1,3,6-7,13,15,18-25,29-31,33-40H,2,4-5,8-9H2,(H,41,42)(H,43,44)(H,45,46)/t13-,15-,18-,19-,20-,21+,22-,23-,24-,25-,29-,30+/m1/s1. The van der Waals surface area contributed by atoms with E-state index in [0.29, 0.717) is 16.8 Å². The summed E-state index contributed by atoms with van der Waals surface area (Å²) in [5.41, 5.74) is 0.641. The Bertz CT molecular complexity index is 1510. The quantitative estimate of drug-likeness (QED) is 0.101. The Morgan fingerprint density at radius 3 is 2.20 bits per heavy atom. The zero-order chi connectivity index (χ0) is 36.6. The Labute approximate surface area is 282 Å². The van der Waals surface area contributed by atoms with Crippen LogP contribution in [0.5, 0.6) is 11.5 Å². The normalized spacial score (nSPS) is 37.8. The maximum atomic E-state index is 12.1. The van der Waals surface area contributed by atoms with Gasteiger partial charge in [0.2, 0.25) is 6.29 Å². The first-order chi connectivity index (χ1) is 23.6. The average molecular weight is 715 g/mol. The molecule has 0 aliphatic carbocycles. The number of aliphatic carboxylic acids is 3. The first-order valence-corrected chi connectivity index (χ1v) is 15.5. The number of hydrogen-bond donors (Lipinski definition) is 12. The average Bonchev–Trinajstić information content (AvgIpc) is 3.44. The van der Waals surface area contributed by atoms with Crippen LogP contribution in [0.15, 0.2) is 35.6 Å². The van der Waals surface area contributed by atoms with Crippen LogP contribution >= 0.6 is 0 Å². The summed E-state index contributed by atoms with van der Waals surface area (Å²) in [6.07, 6.45) is -14.6. The number of carbonyl (C=O) groups excluding carboxylic acids is 1. The van der Waals surface area contributed by atoms with Crippen LogP contribution in [-0.4, -0.2) is 162 Å². The summed E-state index contributed by atoms with van der Waals surface area (Å²) in [5.74, 6) is -4.96. The number of nitrogens with one attached hydrogen (secondary N) is 2. The monoisotopic (exact) mass is 714 g/mol. The third kappa shape index (κ3) is 7.41. The molecule has 0 aromatic heterocycles. The number of phenols is 1. The van der Waals surface area contributed by atoms with E-state index < -0.39 is 110 Å². The lowest BCUT2D eigenvalue weighted by Crippen LogP contribution is -3.11. The molecule has 2 fully saturated rings. The Balaban J connectivity index is 1.33. The zero-order valence-electron chi connectivity index (χ0n) is 26.0. The van der Waals surface area contributed by atoms with Crippen LogP contribution in [0.1, 0.15) is 12.0 Å². The van der Waals surface area contributed by atoms with Crippen molar-refractivity contribution in [2.45, 2.75) is 86.3 Å². The number of aromatic hydroxyl groups is 1. The molecule has 5 rings (SSSR count). The topological polar surface area (TPSA) is 330 Å². The molecule has 12 N–H and O–H groups in total. The SMILES string of the molecule is O=C(O)C1=CC(=CC[NH+]2c3cc(O)c(O[C@@H]4O[C@H](CO)[C@@H](O[C@@H]5O[C@H](CO)[C@@H](O)[C@H](O)[C@H]5O)[C@H](O)[C@H]4O)cc3C[C@@H]2C(=O)[O-])C[C@H](C(=O)O)N1. The highest BCUT2D eigenvalue weighted by molar-refractivity contribution is 5.89. The molecule has 0 radical (unpaired) electrons. The van der Waals surface area contributed by atoms with Gasteiger partial charge in [-0.25, -0.2) is 9.59 Å². The van der Waals surface area contributed by atoms with E-state index in [-0.39, 0.29) is 35.7 Å². The molecule has 4 heterocycles. The van der Waals surface area contributed by atoms with Gasteiger partial charge in [-0.2, -0.15) is 0 Å². The number of aliphatic hydroxyl groups excluding tert-OH is 7. The number of phenolic OH excluding ortho intramolecular Hbond substituents is 1. The minimum absolute atomic E-state index is 0.0684. The van der Waals surface area contributed by atoms with E-state index in [9.17, 15) is 70.6 Å². The molecule has 50 heavy (non-hydrogen) atoms. The van der Waals surface area contributed by atoms with Crippen molar-refractivity contribution in [3.05, 3.63) is 41.1 Å². The summed E-state index contributed by atoms with van der Waals surface area (Å²) in [6, 6.07) is 0.0626. The summed E-state index contributed by atoms with van der Waals surface area (Å²) >= 11 is 0. The Kier molecular flexibility index (Phi) is 11.3. The molecule has 20 nitrogen and oxygen atoms in total. The van der Waals surface area contributed by atoms with E-state index in [1.807, 2.05) is 0 Å². The number of rotatable bonds is 11. The fourth-order valence-electron chi connectivity index (χ4n) is 6.38. The molecule has 1 aromatic rings. The molecule has 13 atom stereocenters. The molecule has 0 amide bonds. The van der Waals surface area contributed by atoms with E-state index in [4.69, 9.17) is 18.9 Å². The molecule has 1 aromatic carbocycles. The summed E-state index contributed by atoms with van der Waals surface area (Å²) < 4.78 is 22.1. The molecular weight excluding hydrogens is 676 g/mol. The van der Waals surface area contributed by atoms with Gasteiger partial charge in [0.15, 0.2) is 17.8 Å². The highest BCUT2D eigenvalue weighted by atomic mass is 16.7. The smallest absolute Gasteiger partial charge is 0.351 e. The maximum absolute atomic E-state index is 12.1. The molecule has 1 unspecified atom stereocenters. The van der Waals surface area contributed by atoms with Gasteiger partial charge < -0.3 is 85.2 Å². The van der Waals surface area contributed by atoms with E-state index in [1.165, 1.54) is 24.3 Å². The van der Waals surface area contributed by atoms with Crippen molar-refractivity contribution < 1.29 is 94.4 Å². The predicted octanol–water partition coefficient (Wildman–Crippen LogP) is -7.07. The van der Waals surface area contributed by atoms with Gasteiger partial charge >= 0.3 is 11.9 Å². The number of quaternary nitrogens is 1. The Morgan fingerprint density at radius 1 is 0.920 bits per heavy atom. The minimum atomic E-state index is -1.92. The number of hydrogen-bond acceptors (Lipinski definition) is 17. The van der Waals surface area contributed by atoms with Gasteiger partial charge in [0.25, 0.3) is 0 Å². The van der Waals surface area contributed by atoms with Crippen LogP contribution in [-0.2, 0) is 35.0 Å². The number of carboxylic acids is 3. The van der Waals surface area contributed by atoms with Crippen molar-refractivity contribution >= 4 is 23.6 Å². The number of benzene rings is 1. The Morgan fingerprint density at radius 2 is 1.58 bits per heavy atom. The van der Waals surface area contributed by atoms with Gasteiger partial charge in [0.05, 0.1) is 13.2 Å². The lowest BCUT2D eigenvalue weighted by Gasteiger charge is -2.45. The van der Waals surface area contributed by atoms with Gasteiger partial charge in [-0.05, 0) is 23.8 Å². The fourth-order valence-corrected chi connectivity index (χ4v) is 6.38. The lowest BCUT2D eigenvalue weighted by atomic mass is 9.97. The summed E-state index contributed by atoms with van der Waals surface area (Å²) in [6.45, 7) is -1.67. The summed E-state index contributed by atoms with van der Waals surface area (Å²) in [7, 11) is 0. The molecule has 0 saturated carbocycles. The molecule has 20 heteroatoms. The van der Waals surface area contributed by atoms with Gasteiger partial charge in [0.1, 0.15) is 84.8 Å². The molecule has 276 valence electrons. The third-order valence-electron chi connectivity index (χ3n) is 9.08. The minimum Gasteiger partial charge on any atom is -0.544 e. The van der Waals surface area contributed by atoms with Crippen molar-refractivity contribution in [2.24, 2.45) is 0 Å². The van der Waals surface area contributed by atoms with Crippen molar-refractivity contribution in [1.29, 1.82) is 0 Å². The summed E-state index contributed by atoms with van der Waals surface area (Å²) in [5, 5.41) is 116. The zero-order valence-corrected chi connectivity index (χ0v) is 26.0. The predicted molar refractivity (Wildman–Crippen MR) is 156 cm³/mol. The van der Waals surface area contributed by atoms with Gasteiger partial charge in [-0.3, -0.25) is 4.90 Å². The van der Waals surface area contributed by atoms with Gasteiger partial charge in [-0.1, -0.05) is 0 Å². The van der Waals surface area contributed by atoms with Gasteiger partial charge in [0, 0.05) is 24.5 Å². The first-order valence-electron chi connectivity index (χ1n) is 15.5. The second-order valence-electron chi connectivity index (χ2n) is 12.3. The molecule has 4 aliphatic rings. The number of ether oxygens (including phenoxy) is 4. The van der Waals surface area contributed by atoms with Crippen LogP contribution in [0.2, 0.25) is 0 Å². The van der Waals surface area contributed by atoms with Crippen LogP contribution in [0.4, 0.5) is 5.69 Å². The number of allylic oxidation sites excluding steroid dienone is 1. The van der Waals surface area contributed by atoms with E-state index in [0.717, 1.165) is 0 Å². The second kappa shape index (κ2) is 15.1. The number of carbonyl (C=O) groups is 3. The number of aliphatic hydroxyl groups is 7. The number of carboxylic acid groups (broad SMARTS) is 3. The van der Waals surface area contributed by atoms with Crippen molar-refractivity contribution in [2.75, 3.05) is 19.8 Å². The molecule has 0 bridgehead atoms. The second-order valence-corrected chi connectivity index (χ2v) is 12.3. The van der Waals surface area contributed by atoms with Crippen LogP contribution < -0.4 is 20.1 Å². The molecule has 0 spiro atoms. The fraction of sp³-hybridized carbons (Fsp3) is 0.567. The highest BCUT2D eigenvalue weighted by Crippen LogP contribution is 2.37. The highest BCUT2D eigenvalue weighted by Gasteiger charge is 2.51.